The van der Waals surface area contributed by atoms with Crippen LogP contribution in [0, 0.1) is 12.7 Å². The number of nitrogens with one attached hydrogen (secondary N) is 1. The first-order valence-electron chi connectivity index (χ1n) is 6.79. The van der Waals surface area contributed by atoms with E-state index in [9.17, 15) is 4.39 Å². The molecule has 0 radical (unpaired) electrons. The Hall–Kier alpha value is -2.23. The molecule has 1 N–H and O–H groups in total. The van der Waals surface area contributed by atoms with Gasteiger partial charge in [-0.1, -0.05) is 12.1 Å². The highest BCUT2D eigenvalue weighted by atomic mass is 19.1. The molecule has 1 atom stereocenters. The van der Waals surface area contributed by atoms with E-state index in [-0.39, 0.29) is 11.9 Å². The first kappa shape index (κ1) is 15.2. The van der Waals surface area contributed by atoms with E-state index in [1.54, 1.807) is 39.3 Å². The summed E-state index contributed by atoms with van der Waals surface area (Å²) in [5, 5.41) is 3.33. The van der Waals surface area contributed by atoms with Crippen LogP contribution in [0.25, 0.3) is 0 Å². The normalized spacial score (nSPS) is 11.9. The van der Waals surface area contributed by atoms with Crippen LogP contribution in [0.15, 0.2) is 36.4 Å². The first-order chi connectivity index (χ1) is 10.0. The molecule has 0 spiro atoms. The van der Waals surface area contributed by atoms with E-state index >= 15 is 0 Å². The maximum atomic E-state index is 13.6. The van der Waals surface area contributed by atoms with Crippen LogP contribution in [-0.4, -0.2) is 14.2 Å². The highest BCUT2D eigenvalue weighted by Gasteiger charge is 2.09. The zero-order valence-electron chi connectivity index (χ0n) is 12.7. The van der Waals surface area contributed by atoms with Gasteiger partial charge in [-0.2, -0.15) is 0 Å². The van der Waals surface area contributed by atoms with Crippen LogP contribution < -0.4 is 14.8 Å². The minimum atomic E-state index is -0.190. The van der Waals surface area contributed by atoms with Crippen molar-refractivity contribution in [2.24, 2.45) is 0 Å². The molecule has 2 aromatic rings. The fraction of sp³-hybridized carbons (Fsp3) is 0.294. The second kappa shape index (κ2) is 6.48. The lowest BCUT2D eigenvalue weighted by Crippen LogP contribution is -2.07. The molecular weight excluding hydrogens is 269 g/mol. The summed E-state index contributed by atoms with van der Waals surface area (Å²) in [5.41, 5.74) is 2.40. The van der Waals surface area contributed by atoms with E-state index < -0.39 is 0 Å². The number of hydrogen-bond acceptors (Lipinski definition) is 3. The second-order valence-corrected chi connectivity index (χ2v) is 4.98. The number of ether oxygens (including phenoxy) is 2. The predicted octanol–water partition coefficient (Wildman–Crippen LogP) is 4.32. The van der Waals surface area contributed by atoms with Crippen LogP contribution in [0.5, 0.6) is 11.5 Å². The number of benzene rings is 2. The van der Waals surface area contributed by atoms with Crippen molar-refractivity contribution in [1.29, 1.82) is 0 Å². The van der Waals surface area contributed by atoms with Gasteiger partial charge in [0.25, 0.3) is 0 Å². The molecule has 0 heterocycles. The van der Waals surface area contributed by atoms with Gasteiger partial charge >= 0.3 is 0 Å². The predicted molar refractivity (Wildman–Crippen MR) is 82.7 cm³/mol. The Morgan fingerprint density at radius 3 is 2.14 bits per heavy atom. The number of methoxy groups -OCH3 is 2. The summed E-state index contributed by atoms with van der Waals surface area (Å²) in [6.45, 7) is 3.74. The molecule has 0 aliphatic heterocycles. The number of anilines is 1. The Morgan fingerprint density at radius 2 is 1.62 bits per heavy atom. The standard InChI is InChI=1S/C17H20FNO2/c1-11-5-6-13(7-17(11)18)12(2)19-14-8-15(20-3)10-16(9-14)21-4/h5-10,12,19H,1-4H3. The van der Waals surface area contributed by atoms with Gasteiger partial charge < -0.3 is 14.8 Å². The molecule has 0 amide bonds. The lowest BCUT2D eigenvalue weighted by molar-refractivity contribution is 0.394. The first-order valence-corrected chi connectivity index (χ1v) is 6.79. The number of halogens is 1. The fourth-order valence-electron chi connectivity index (χ4n) is 2.10. The monoisotopic (exact) mass is 289 g/mol. The molecule has 0 aliphatic carbocycles. The summed E-state index contributed by atoms with van der Waals surface area (Å²) in [6, 6.07) is 10.8. The van der Waals surface area contributed by atoms with Gasteiger partial charge in [-0.25, -0.2) is 4.39 Å². The molecule has 0 fully saturated rings. The largest absolute Gasteiger partial charge is 0.497 e. The number of rotatable bonds is 5. The van der Waals surface area contributed by atoms with Gasteiger partial charge in [0.2, 0.25) is 0 Å². The van der Waals surface area contributed by atoms with Crippen molar-refractivity contribution in [3.63, 3.8) is 0 Å². The van der Waals surface area contributed by atoms with Crippen molar-refractivity contribution in [2.75, 3.05) is 19.5 Å². The van der Waals surface area contributed by atoms with E-state index in [1.165, 1.54) is 0 Å². The zero-order valence-corrected chi connectivity index (χ0v) is 12.7. The summed E-state index contributed by atoms with van der Waals surface area (Å²) in [4.78, 5) is 0. The third-order valence-corrected chi connectivity index (χ3v) is 3.43. The Bertz CT molecular complexity index is 606. The molecule has 2 rings (SSSR count). The highest BCUT2D eigenvalue weighted by molar-refractivity contribution is 5.55. The van der Waals surface area contributed by atoms with Crippen LogP contribution >= 0.6 is 0 Å². The van der Waals surface area contributed by atoms with Gasteiger partial charge in [0.05, 0.1) is 14.2 Å². The molecule has 112 valence electrons. The Morgan fingerprint density at radius 1 is 1.00 bits per heavy atom. The SMILES string of the molecule is COc1cc(NC(C)c2ccc(C)c(F)c2)cc(OC)c1. The van der Waals surface area contributed by atoms with E-state index in [0.29, 0.717) is 17.1 Å². The topological polar surface area (TPSA) is 30.5 Å². The molecule has 2 aromatic carbocycles. The van der Waals surface area contributed by atoms with E-state index in [0.717, 1.165) is 11.3 Å². The van der Waals surface area contributed by atoms with Crippen LogP contribution in [0.4, 0.5) is 10.1 Å². The quantitative estimate of drug-likeness (QED) is 0.889. The molecule has 0 saturated heterocycles. The summed E-state index contributed by atoms with van der Waals surface area (Å²) in [6.07, 6.45) is 0. The van der Waals surface area contributed by atoms with Crippen LogP contribution in [-0.2, 0) is 0 Å². The Balaban J connectivity index is 2.22. The fourth-order valence-corrected chi connectivity index (χ4v) is 2.10. The molecular formula is C17H20FNO2. The molecule has 0 aliphatic rings. The average molecular weight is 289 g/mol. The van der Waals surface area contributed by atoms with E-state index in [4.69, 9.17) is 9.47 Å². The van der Waals surface area contributed by atoms with Gasteiger partial charge in [0.15, 0.2) is 0 Å². The number of hydrogen-bond donors (Lipinski definition) is 1. The lowest BCUT2D eigenvalue weighted by atomic mass is 10.1. The van der Waals surface area contributed by atoms with Crippen molar-refractivity contribution in [1.82, 2.24) is 0 Å². The maximum Gasteiger partial charge on any atom is 0.126 e. The minimum absolute atomic E-state index is 0.0306. The summed E-state index contributed by atoms with van der Waals surface area (Å²) < 4.78 is 24.1. The molecule has 0 saturated carbocycles. The van der Waals surface area contributed by atoms with Crippen molar-refractivity contribution in [3.05, 3.63) is 53.3 Å². The van der Waals surface area contributed by atoms with E-state index in [2.05, 4.69) is 5.32 Å². The van der Waals surface area contributed by atoms with Gasteiger partial charge in [0, 0.05) is 29.9 Å². The Labute approximate surface area is 124 Å². The van der Waals surface area contributed by atoms with Crippen molar-refractivity contribution in [2.45, 2.75) is 19.9 Å². The number of aryl methyl sites for hydroxylation is 1. The summed E-state index contributed by atoms with van der Waals surface area (Å²) in [7, 11) is 3.22. The molecule has 0 bridgehead atoms. The molecule has 21 heavy (non-hydrogen) atoms. The van der Waals surface area contributed by atoms with Gasteiger partial charge in [-0.15, -0.1) is 0 Å². The second-order valence-electron chi connectivity index (χ2n) is 4.98. The van der Waals surface area contributed by atoms with Crippen LogP contribution in [0.1, 0.15) is 24.1 Å². The summed E-state index contributed by atoms with van der Waals surface area (Å²) in [5.74, 6) is 1.22. The van der Waals surface area contributed by atoms with E-state index in [1.807, 2.05) is 25.1 Å². The van der Waals surface area contributed by atoms with Gasteiger partial charge in [-0.05, 0) is 31.0 Å². The zero-order chi connectivity index (χ0) is 15.4. The third-order valence-electron chi connectivity index (χ3n) is 3.43. The summed E-state index contributed by atoms with van der Waals surface area (Å²) >= 11 is 0. The third kappa shape index (κ3) is 3.66. The Kier molecular flexibility index (Phi) is 4.68. The van der Waals surface area contributed by atoms with Gasteiger partial charge in [0.1, 0.15) is 17.3 Å². The minimum Gasteiger partial charge on any atom is -0.497 e. The highest BCUT2D eigenvalue weighted by Crippen LogP contribution is 2.28. The average Bonchev–Trinajstić information content (AvgIpc) is 2.49. The van der Waals surface area contributed by atoms with Crippen molar-refractivity contribution in [3.8, 4) is 11.5 Å². The lowest BCUT2D eigenvalue weighted by Gasteiger charge is -2.17. The molecule has 3 nitrogen and oxygen atoms in total. The molecule has 1 unspecified atom stereocenters. The molecule has 4 heteroatoms. The van der Waals surface area contributed by atoms with Crippen LogP contribution in [0.3, 0.4) is 0 Å². The van der Waals surface area contributed by atoms with Crippen molar-refractivity contribution >= 4 is 5.69 Å². The molecule has 0 aromatic heterocycles. The maximum absolute atomic E-state index is 13.6. The van der Waals surface area contributed by atoms with Gasteiger partial charge in [-0.3, -0.25) is 0 Å². The van der Waals surface area contributed by atoms with Crippen LogP contribution in [0.2, 0.25) is 0 Å². The smallest absolute Gasteiger partial charge is 0.126 e. The van der Waals surface area contributed by atoms with Crippen molar-refractivity contribution < 1.29 is 13.9 Å².